The highest BCUT2D eigenvalue weighted by Gasteiger charge is 2.11. The van der Waals surface area contributed by atoms with E-state index >= 15 is 0 Å². The van der Waals surface area contributed by atoms with Gasteiger partial charge in [-0.2, -0.15) is 0 Å². The number of benzene rings is 1. The van der Waals surface area contributed by atoms with Gasteiger partial charge in [0.05, 0.1) is 21.3 Å². The van der Waals surface area contributed by atoms with Gasteiger partial charge < -0.3 is 19.3 Å². The lowest BCUT2D eigenvalue weighted by atomic mass is 10.0. The molecule has 0 aromatic heterocycles. The van der Waals surface area contributed by atoms with Gasteiger partial charge in [-0.25, -0.2) is 0 Å². The van der Waals surface area contributed by atoms with Crippen molar-refractivity contribution in [3.8, 4) is 17.2 Å². The Morgan fingerprint density at radius 3 is 1.31 bits per heavy atom. The molecule has 1 aromatic carbocycles. The van der Waals surface area contributed by atoms with Crippen LogP contribution in [0.4, 0.5) is 0 Å². The van der Waals surface area contributed by atoms with Gasteiger partial charge in [0.1, 0.15) is 5.75 Å². The zero-order valence-corrected chi connectivity index (χ0v) is 19.1. The van der Waals surface area contributed by atoms with Crippen LogP contribution in [0.25, 0.3) is 0 Å². The average molecular weight is 409 g/mol. The number of hydrogen-bond acceptors (Lipinski definition) is 4. The van der Waals surface area contributed by atoms with Gasteiger partial charge in [0.25, 0.3) is 0 Å². The molecule has 4 nitrogen and oxygen atoms in total. The van der Waals surface area contributed by atoms with E-state index < -0.39 is 0 Å². The molecule has 0 unspecified atom stereocenters. The second-order valence-corrected chi connectivity index (χ2v) is 7.94. The molecule has 0 spiro atoms. The number of rotatable bonds is 19. The fourth-order valence-corrected chi connectivity index (χ4v) is 3.84. The highest BCUT2D eigenvalue weighted by Crippen LogP contribution is 2.35. The Labute approximate surface area is 179 Å². The van der Waals surface area contributed by atoms with E-state index in [0.29, 0.717) is 6.61 Å². The van der Waals surface area contributed by atoms with Gasteiger partial charge in [-0.3, -0.25) is 0 Å². The molecular weight excluding hydrogens is 364 g/mol. The summed E-state index contributed by atoms with van der Waals surface area (Å²) in [5.74, 6) is 2.37. The molecule has 0 amide bonds. The zero-order chi connectivity index (χ0) is 21.2. The summed E-state index contributed by atoms with van der Waals surface area (Å²) in [5, 5.41) is 8.75. The SMILES string of the molecule is COc1cc(OC)c(OC)cc1CCCCCCCCCCCCCCCCO. The van der Waals surface area contributed by atoms with Crippen molar-refractivity contribution < 1.29 is 19.3 Å². The van der Waals surface area contributed by atoms with Gasteiger partial charge in [-0.15, -0.1) is 0 Å². The van der Waals surface area contributed by atoms with E-state index in [1.165, 1.54) is 89.0 Å². The van der Waals surface area contributed by atoms with Crippen LogP contribution in [0.15, 0.2) is 12.1 Å². The van der Waals surface area contributed by atoms with E-state index in [2.05, 4.69) is 0 Å². The first-order valence-corrected chi connectivity index (χ1v) is 11.7. The van der Waals surface area contributed by atoms with E-state index in [0.717, 1.165) is 30.1 Å². The van der Waals surface area contributed by atoms with Crippen LogP contribution in [0.2, 0.25) is 0 Å². The van der Waals surface area contributed by atoms with Crippen molar-refractivity contribution in [1.82, 2.24) is 0 Å². The fourth-order valence-electron chi connectivity index (χ4n) is 3.84. The van der Waals surface area contributed by atoms with Crippen molar-refractivity contribution in [2.45, 2.75) is 96.3 Å². The smallest absolute Gasteiger partial charge is 0.164 e. The monoisotopic (exact) mass is 408 g/mol. The number of unbranched alkanes of at least 4 members (excludes halogenated alkanes) is 13. The van der Waals surface area contributed by atoms with Crippen molar-refractivity contribution in [2.75, 3.05) is 27.9 Å². The predicted molar refractivity (Wildman–Crippen MR) is 122 cm³/mol. The number of ether oxygens (including phenoxy) is 3. The lowest BCUT2D eigenvalue weighted by Crippen LogP contribution is -1.97. The molecule has 0 bridgehead atoms. The van der Waals surface area contributed by atoms with Crippen molar-refractivity contribution >= 4 is 0 Å². The summed E-state index contributed by atoms with van der Waals surface area (Å²) < 4.78 is 16.3. The van der Waals surface area contributed by atoms with E-state index in [9.17, 15) is 0 Å². The highest BCUT2D eigenvalue weighted by molar-refractivity contribution is 5.50. The third kappa shape index (κ3) is 11.4. The van der Waals surface area contributed by atoms with Gasteiger partial charge in [0.15, 0.2) is 11.5 Å². The van der Waals surface area contributed by atoms with E-state index in [1.807, 2.05) is 12.1 Å². The van der Waals surface area contributed by atoms with Gasteiger partial charge in [0, 0.05) is 12.7 Å². The first-order valence-electron chi connectivity index (χ1n) is 11.7. The Balaban J connectivity index is 2.03. The molecule has 0 fully saturated rings. The fraction of sp³-hybridized carbons (Fsp3) is 0.760. The average Bonchev–Trinajstić information content (AvgIpc) is 2.75. The first-order chi connectivity index (χ1) is 14.3. The topological polar surface area (TPSA) is 47.9 Å². The molecule has 0 saturated carbocycles. The number of hydrogen-bond donors (Lipinski definition) is 1. The summed E-state index contributed by atoms with van der Waals surface area (Å²) in [6.45, 7) is 0.352. The second-order valence-electron chi connectivity index (χ2n) is 7.94. The van der Waals surface area contributed by atoms with Gasteiger partial charge in [-0.1, -0.05) is 77.0 Å². The van der Waals surface area contributed by atoms with Crippen molar-refractivity contribution in [2.24, 2.45) is 0 Å². The minimum absolute atomic E-state index is 0.352. The molecular formula is C25H44O4. The molecule has 1 aromatic rings. The highest BCUT2D eigenvalue weighted by atomic mass is 16.5. The number of aryl methyl sites for hydroxylation is 1. The van der Waals surface area contributed by atoms with Crippen LogP contribution in [0.3, 0.4) is 0 Å². The van der Waals surface area contributed by atoms with Crippen LogP contribution < -0.4 is 14.2 Å². The maximum absolute atomic E-state index is 8.75. The summed E-state index contributed by atoms with van der Waals surface area (Å²) in [6.07, 6.45) is 19.2. The van der Waals surface area contributed by atoms with Crippen LogP contribution in [0, 0.1) is 0 Å². The summed E-state index contributed by atoms with van der Waals surface area (Å²) in [5.41, 5.74) is 1.20. The third-order valence-corrected chi connectivity index (χ3v) is 5.64. The lowest BCUT2D eigenvalue weighted by molar-refractivity contribution is 0.282. The Morgan fingerprint density at radius 1 is 0.517 bits per heavy atom. The van der Waals surface area contributed by atoms with E-state index in [1.54, 1.807) is 21.3 Å². The Bertz CT molecular complexity index is 516. The molecule has 168 valence electrons. The molecule has 0 atom stereocenters. The van der Waals surface area contributed by atoms with Crippen LogP contribution in [0.5, 0.6) is 17.2 Å². The van der Waals surface area contributed by atoms with Gasteiger partial charge in [-0.05, 0) is 30.9 Å². The maximum atomic E-state index is 8.75. The number of aliphatic hydroxyl groups is 1. The van der Waals surface area contributed by atoms with Crippen LogP contribution in [-0.4, -0.2) is 33.0 Å². The minimum atomic E-state index is 0.352. The normalized spacial score (nSPS) is 10.9. The molecule has 1 rings (SSSR count). The maximum Gasteiger partial charge on any atom is 0.164 e. The molecule has 0 saturated heterocycles. The first kappa shape index (κ1) is 25.6. The molecule has 1 N–H and O–H groups in total. The molecule has 0 radical (unpaired) electrons. The largest absolute Gasteiger partial charge is 0.496 e. The standard InChI is InChI=1S/C25H44O4/c1-27-23-21-25(29-3)24(28-2)20-22(23)18-16-14-12-10-8-6-4-5-7-9-11-13-15-17-19-26/h20-21,26H,4-19H2,1-3H3. The number of methoxy groups -OCH3 is 3. The molecule has 4 heteroatoms. The van der Waals surface area contributed by atoms with E-state index in [4.69, 9.17) is 19.3 Å². The summed E-state index contributed by atoms with van der Waals surface area (Å²) in [6, 6.07) is 3.97. The van der Waals surface area contributed by atoms with Crippen molar-refractivity contribution in [3.05, 3.63) is 17.7 Å². The minimum Gasteiger partial charge on any atom is -0.496 e. The molecule has 0 heterocycles. The quantitative estimate of drug-likeness (QED) is 0.258. The molecule has 0 aliphatic heterocycles. The van der Waals surface area contributed by atoms with Crippen molar-refractivity contribution in [3.63, 3.8) is 0 Å². The Kier molecular flexibility index (Phi) is 15.4. The summed E-state index contributed by atoms with van der Waals surface area (Å²) in [7, 11) is 5.04. The van der Waals surface area contributed by atoms with Gasteiger partial charge in [0.2, 0.25) is 0 Å². The van der Waals surface area contributed by atoms with E-state index in [-0.39, 0.29) is 0 Å². The molecule has 0 aliphatic carbocycles. The third-order valence-electron chi connectivity index (χ3n) is 5.64. The zero-order valence-electron chi connectivity index (χ0n) is 19.1. The Hall–Kier alpha value is -1.42. The summed E-state index contributed by atoms with van der Waals surface area (Å²) in [4.78, 5) is 0. The van der Waals surface area contributed by atoms with Gasteiger partial charge >= 0.3 is 0 Å². The lowest BCUT2D eigenvalue weighted by Gasteiger charge is -2.14. The Morgan fingerprint density at radius 2 is 0.897 bits per heavy atom. The molecule has 0 aliphatic rings. The summed E-state index contributed by atoms with van der Waals surface area (Å²) >= 11 is 0. The predicted octanol–water partition coefficient (Wildman–Crippen LogP) is 6.71. The van der Waals surface area contributed by atoms with Crippen LogP contribution >= 0.6 is 0 Å². The van der Waals surface area contributed by atoms with Crippen LogP contribution in [0.1, 0.15) is 95.5 Å². The van der Waals surface area contributed by atoms with Crippen LogP contribution in [-0.2, 0) is 6.42 Å². The molecule has 29 heavy (non-hydrogen) atoms. The van der Waals surface area contributed by atoms with Crippen molar-refractivity contribution in [1.29, 1.82) is 0 Å². The second kappa shape index (κ2) is 17.4. The number of aliphatic hydroxyl groups excluding tert-OH is 1.